The molecular weight excluding hydrogens is 330 g/mol. The van der Waals surface area contributed by atoms with Crippen molar-refractivity contribution < 1.29 is 35.1 Å². The van der Waals surface area contributed by atoms with E-state index in [1.165, 1.54) is 26.3 Å². The first-order chi connectivity index (χ1) is 11.8. The number of ketones is 1. The first-order valence-corrected chi connectivity index (χ1v) is 8.90. The first-order valence-electron chi connectivity index (χ1n) is 8.90. The molecule has 25 heavy (non-hydrogen) atoms. The van der Waals surface area contributed by atoms with Gasteiger partial charge in [0.05, 0.1) is 6.61 Å². The zero-order valence-corrected chi connectivity index (χ0v) is 15.2. The maximum Gasteiger partial charge on any atom is 0.224 e. The summed E-state index contributed by atoms with van der Waals surface area (Å²) in [7, 11) is 1.23. The highest BCUT2D eigenvalue weighted by molar-refractivity contribution is 5.90. The van der Waals surface area contributed by atoms with Crippen molar-refractivity contribution in [2.45, 2.75) is 82.8 Å². The van der Waals surface area contributed by atoms with Crippen LogP contribution in [0, 0.1) is 0 Å². The fourth-order valence-corrected chi connectivity index (χ4v) is 2.38. The standard InChI is InChI=1S/C17H33NO7/c1-3-4-5-6-7-8-9-10-13(21)18(2)17(25)16(24)15(23)14(22)12(20)11-19/h12,14-15,17,19-20,22-23,25H,3-11H2,1-2H3/t12-,14-,15+,17?/m1/s1. The second-order valence-electron chi connectivity index (χ2n) is 6.34. The lowest BCUT2D eigenvalue weighted by Crippen LogP contribution is -2.52. The predicted molar refractivity (Wildman–Crippen MR) is 91.5 cm³/mol. The second-order valence-corrected chi connectivity index (χ2v) is 6.34. The van der Waals surface area contributed by atoms with Crippen LogP contribution in [0.15, 0.2) is 0 Å². The molecule has 0 saturated carbocycles. The number of carbonyl (C=O) groups excluding carboxylic acids is 2. The Hall–Kier alpha value is -1.06. The van der Waals surface area contributed by atoms with Gasteiger partial charge in [0.25, 0.3) is 0 Å². The summed E-state index contributed by atoms with van der Waals surface area (Å²) in [6.45, 7) is 1.29. The lowest BCUT2D eigenvalue weighted by Gasteiger charge is -2.27. The number of aliphatic hydroxyl groups is 5. The maximum absolute atomic E-state index is 12.0. The Balaban J connectivity index is 4.26. The van der Waals surface area contributed by atoms with Gasteiger partial charge in [-0.25, -0.2) is 0 Å². The van der Waals surface area contributed by atoms with Crippen molar-refractivity contribution in [2.75, 3.05) is 13.7 Å². The smallest absolute Gasteiger partial charge is 0.224 e. The third-order valence-electron chi connectivity index (χ3n) is 4.21. The largest absolute Gasteiger partial charge is 0.394 e. The SMILES string of the molecule is CCCCCCCCCC(=O)N(C)C(O)C(=O)[C@@H](O)[C@H](O)[C@H](O)CO. The average Bonchev–Trinajstić information content (AvgIpc) is 2.63. The minimum Gasteiger partial charge on any atom is -0.394 e. The lowest BCUT2D eigenvalue weighted by atomic mass is 10.0. The number of aliphatic hydroxyl groups excluding tert-OH is 5. The van der Waals surface area contributed by atoms with Crippen LogP contribution in [0.4, 0.5) is 0 Å². The molecule has 5 N–H and O–H groups in total. The molecule has 0 saturated heterocycles. The number of amides is 1. The normalized spacial score (nSPS) is 16.1. The predicted octanol–water partition coefficient (Wildman–Crippen LogP) is -0.452. The van der Waals surface area contributed by atoms with Gasteiger partial charge in [0.15, 0.2) is 6.23 Å². The molecule has 8 heteroatoms. The first kappa shape index (κ1) is 23.9. The van der Waals surface area contributed by atoms with Crippen LogP contribution in [0.3, 0.4) is 0 Å². The van der Waals surface area contributed by atoms with Gasteiger partial charge in [-0.15, -0.1) is 0 Å². The van der Waals surface area contributed by atoms with Crippen LogP contribution in [0.5, 0.6) is 0 Å². The molecule has 0 bridgehead atoms. The van der Waals surface area contributed by atoms with Crippen LogP contribution in [-0.4, -0.2) is 80.3 Å². The van der Waals surface area contributed by atoms with Gasteiger partial charge in [-0.3, -0.25) is 9.59 Å². The molecule has 0 rings (SSSR count). The van der Waals surface area contributed by atoms with Gasteiger partial charge < -0.3 is 30.4 Å². The number of likely N-dealkylation sites (N-methyl/N-ethyl adjacent to an activating group) is 1. The molecule has 0 heterocycles. The van der Waals surface area contributed by atoms with E-state index in [0.29, 0.717) is 6.42 Å². The minimum atomic E-state index is -2.11. The summed E-state index contributed by atoms with van der Waals surface area (Å²) >= 11 is 0. The van der Waals surface area contributed by atoms with Crippen molar-refractivity contribution in [2.24, 2.45) is 0 Å². The van der Waals surface area contributed by atoms with Crippen molar-refractivity contribution >= 4 is 11.7 Å². The molecule has 0 aromatic carbocycles. The highest BCUT2D eigenvalue weighted by atomic mass is 16.4. The average molecular weight is 363 g/mol. The summed E-state index contributed by atoms with van der Waals surface area (Å²) in [6, 6.07) is 0. The number of carbonyl (C=O) groups is 2. The molecular formula is C17H33NO7. The summed E-state index contributed by atoms with van der Waals surface area (Å²) in [5.74, 6) is -1.66. The number of hydrogen-bond donors (Lipinski definition) is 5. The van der Waals surface area contributed by atoms with Crippen molar-refractivity contribution in [1.29, 1.82) is 0 Å². The molecule has 1 amide bonds. The maximum atomic E-state index is 12.0. The Kier molecular flexibility index (Phi) is 12.6. The molecule has 0 aliphatic rings. The van der Waals surface area contributed by atoms with E-state index < -0.39 is 42.8 Å². The number of hydrogen-bond acceptors (Lipinski definition) is 7. The molecule has 148 valence electrons. The lowest BCUT2D eigenvalue weighted by molar-refractivity contribution is -0.162. The van der Waals surface area contributed by atoms with E-state index in [9.17, 15) is 30.0 Å². The van der Waals surface area contributed by atoms with E-state index in [4.69, 9.17) is 5.11 Å². The molecule has 0 spiro atoms. The van der Waals surface area contributed by atoms with E-state index in [1.54, 1.807) is 0 Å². The molecule has 0 aromatic rings. The Morgan fingerprint density at radius 1 is 0.920 bits per heavy atom. The third-order valence-corrected chi connectivity index (χ3v) is 4.21. The van der Waals surface area contributed by atoms with Crippen LogP contribution in [0.25, 0.3) is 0 Å². The fraction of sp³-hybridized carbons (Fsp3) is 0.882. The highest BCUT2D eigenvalue weighted by Crippen LogP contribution is 2.11. The van der Waals surface area contributed by atoms with Gasteiger partial charge in [-0.2, -0.15) is 0 Å². The van der Waals surface area contributed by atoms with Gasteiger partial charge in [0.2, 0.25) is 11.7 Å². The van der Waals surface area contributed by atoms with Gasteiger partial charge in [-0.1, -0.05) is 45.4 Å². The van der Waals surface area contributed by atoms with Gasteiger partial charge in [0, 0.05) is 13.5 Å². The molecule has 0 aliphatic carbocycles. The number of nitrogens with zero attached hydrogens (tertiary/aromatic N) is 1. The zero-order chi connectivity index (χ0) is 19.4. The molecule has 0 fully saturated rings. The van der Waals surface area contributed by atoms with Gasteiger partial charge in [-0.05, 0) is 6.42 Å². The number of rotatable bonds is 14. The summed E-state index contributed by atoms with van der Waals surface area (Å²) in [6.07, 6.45) is -0.289. The zero-order valence-electron chi connectivity index (χ0n) is 15.2. The van der Waals surface area contributed by atoms with E-state index in [2.05, 4.69) is 6.92 Å². The Bertz CT molecular complexity index is 391. The van der Waals surface area contributed by atoms with Crippen LogP contribution >= 0.6 is 0 Å². The Morgan fingerprint density at radius 2 is 1.44 bits per heavy atom. The molecule has 4 atom stereocenters. The van der Waals surface area contributed by atoms with Crippen molar-refractivity contribution in [3.8, 4) is 0 Å². The summed E-state index contributed by atoms with van der Waals surface area (Å²) in [4.78, 5) is 24.7. The Labute approximate surface area is 149 Å². The van der Waals surface area contributed by atoms with Crippen molar-refractivity contribution in [3.05, 3.63) is 0 Å². The van der Waals surface area contributed by atoms with Crippen LogP contribution in [-0.2, 0) is 9.59 Å². The monoisotopic (exact) mass is 363 g/mol. The van der Waals surface area contributed by atoms with Crippen LogP contribution < -0.4 is 0 Å². The number of unbranched alkanes of at least 4 members (excludes halogenated alkanes) is 6. The fourth-order valence-electron chi connectivity index (χ4n) is 2.38. The van der Waals surface area contributed by atoms with Crippen molar-refractivity contribution in [3.63, 3.8) is 0 Å². The van der Waals surface area contributed by atoms with E-state index in [1.807, 2.05) is 0 Å². The van der Waals surface area contributed by atoms with Crippen molar-refractivity contribution in [1.82, 2.24) is 4.90 Å². The summed E-state index contributed by atoms with van der Waals surface area (Å²) < 4.78 is 0. The van der Waals surface area contributed by atoms with E-state index in [0.717, 1.165) is 24.2 Å². The van der Waals surface area contributed by atoms with Gasteiger partial charge in [0.1, 0.15) is 18.3 Å². The van der Waals surface area contributed by atoms with Crippen LogP contribution in [0.1, 0.15) is 58.3 Å². The summed E-state index contributed by atoms with van der Waals surface area (Å²) in [5, 5.41) is 46.9. The number of Topliss-reactive ketones (excluding diaryl/α,β-unsaturated/α-hetero) is 1. The minimum absolute atomic E-state index is 0.173. The Morgan fingerprint density at radius 3 is 1.96 bits per heavy atom. The second kappa shape index (κ2) is 13.2. The van der Waals surface area contributed by atoms with Gasteiger partial charge >= 0.3 is 0 Å². The third kappa shape index (κ3) is 8.73. The molecule has 0 aliphatic heterocycles. The topological polar surface area (TPSA) is 139 Å². The van der Waals surface area contributed by atoms with Crippen LogP contribution in [0.2, 0.25) is 0 Å². The molecule has 1 unspecified atom stereocenters. The summed E-state index contributed by atoms with van der Waals surface area (Å²) in [5.41, 5.74) is 0. The molecule has 0 radical (unpaired) electrons. The van der Waals surface area contributed by atoms with E-state index in [-0.39, 0.29) is 6.42 Å². The van der Waals surface area contributed by atoms with E-state index >= 15 is 0 Å². The quantitative estimate of drug-likeness (QED) is 0.208. The molecule has 8 nitrogen and oxygen atoms in total. The highest BCUT2D eigenvalue weighted by Gasteiger charge is 2.36. The molecule has 0 aromatic heterocycles.